The van der Waals surface area contributed by atoms with E-state index >= 15 is 0 Å². The van der Waals surface area contributed by atoms with Gasteiger partial charge in [0.15, 0.2) is 0 Å². The van der Waals surface area contributed by atoms with Crippen molar-refractivity contribution in [3.8, 4) is 5.69 Å². The van der Waals surface area contributed by atoms with Crippen LogP contribution in [0.15, 0.2) is 41.0 Å². The van der Waals surface area contributed by atoms with Crippen LogP contribution >= 0.6 is 11.3 Å². The highest BCUT2D eigenvalue weighted by Crippen LogP contribution is 2.14. The molecule has 6 heteroatoms. The van der Waals surface area contributed by atoms with Crippen molar-refractivity contribution in [1.29, 1.82) is 0 Å². The first-order chi connectivity index (χ1) is 8.25. The van der Waals surface area contributed by atoms with Crippen LogP contribution in [-0.2, 0) is 0 Å². The average Bonchev–Trinajstić information content (AvgIpc) is 2.78. The Hall–Kier alpha value is -2.08. The van der Waals surface area contributed by atoms with Crippen molar-refractivity contribution < 1.29 is 4.39 Å². The molecule has 0 amide bonds. The standard InChI is InChI=1S/C11H6FN3OS/c12-7-3-8(5-13-4-7)15-2-1-9-10(11(15)16)17-6-14-9/h1-6H. The van der Waals surface area contributed by atoms with E-state index in [4.69, 9.17) is 0 Å². The van der Waals surface area contributed by atoms with Crippen molar-refractivity contribution in [3.63, 3.8) is 0 Å². The summed E-state index contributed by atoms with van der Waals surface area (Å²) in [7, 11) is 0. The van der Waals surface area contributed by atoms with Gasteiger partial charge in [-0.2, -0.15) is 0 Å². The molecule has 3 rings (SSSR count). The third-order valence-electron chi connectivity index (χ3n) is 2.36. The molecule has 0 N–H and O–H groups in total. The summed E-state index contributed by atoms with van der Waals surface area (Å²) in [6.07, 6.45) is 4.11. The molecular formula is C11H6FN3OS. The molecule has 4 nitrogen and oxygen atoms in total. The molecular weight excluding hydrogens is 241 g/mol. The molecule has 3 aromatic heterocycles. The van der Waals surface area contributed by atoms with Crippen LogP contribution < -0.4 is 5.56 Å². The molecule has 0 aliphatic rings. The Morgan fingerprint density at radius 1 is 1.35 bits per heavy atom. The highest BCUT2D eigenvalue weighted by atomic mass is 32.1. The van der Waals surface area contributed by atoms with Crippen LogP contribution in [0.4, 0.5) is 4.39 Å². The molecule has 0 aliphatic heterocycles. The van der Waals surface area contributed by atoms with E-state index in [1.54, 1.807) is 17.8 Å². The van der Waals surface area contributed by atoms with Crippen molar-refractivity contribution in [2.45, 2.75) is 0 Å². The maximum atomic E-state index is 13.1. The lowest BCUT2D eigenvalue weighted by Crippen LogP contribution is -2.16. The summed E-state index contributed by atoms with van der Waals surface area (Å²) in [6.45, 7) is 0. The van der Waals surface area contributed by atoms with Gasteiger partial charge in [-0.25, -0.2) is 9.37 Å². The quantitative estimate of drug-likeness (QED) is 0.660. The van der Waals surface area contributed by atoms with Gasteiger partial charge in [0.1, 0.15) is 10.5 Å². The minimum absolute atomic E-state index is 0.211. The second kappa shape index (κ2) is 3.74. The van der Waals surface area contributed by atoms with E-state index in [-0.39, 0.29) is 5.56 Å². The van der Waals surface area contributed by atoms with Crippen LogP contribution in [0.2, 0.25) is 0 Å². The molecule has 0 atom stereocenters. The van der Waals surface area contributed by atoms with Crippen molar-refractivity contribution >= 4 is 21.6 Å². The first-order valence-corrected chi connectivity index (χ1v) is 5.69. The van der Waals surface area contributed by atoms with Gasteiger partial charge in [0.25, 0.3) is 5.56 Å². The Morgan fingerprint density at radius 3 is 3.06 bits per heavy atom. The van der Waals surface area contributed by atoms with Gasteiger partial charge >= 0.3 is 0 Å². The molecule has 0 spiro atoms. The highest BCUT2D eigenvalue weighted by Gasteiger charge is 2.07. The van der Waals surface area contributed by atoms with Gasteiger partial charge in [0, 0.05) is 12.3 Å². The maximum absolute atomic E-state index is 13.1. The Bertz CT molecular complexity index is 750. The normalized spacial score (nSPS) is 10.9. The number of fused-ring (bicyclic) bond motifs is 1. The molecule has 17 heavy (non-hydrogen) atoms. The zero-order chi connectivity index (χ0) is 11.8. The van der Waals surface area contributed by atoms with E-state index in [0.717, 1.165) is 6.20 Å². The van der Waals surface area contributed by atoms with Gasteiger partial charge < -0.3 is 0 Å². The van der Waals surface area contributed by atoms with Gasteiger partial charge in [-0.1, -0.05) is 0 Å². The number of thiazole rings is 1. The van der Waals surface area contributed by atoms with E-state index in [9.17, 15) is 9.18 Å². The Balaban J connectivity index is 2.31. The molecule has 0 unspecified atom stereocenters. The third kappa shape index (κ3) is 1.62. The van der Waals surface area contributed by atoms with Crippen LogP contribution in [-0.4, -0.2) is 14.5 Å². The summed E-state index contributed by atoms with van der Waals surface area (Å²) in [5.41, 5.74) is 2.46. The van der Waals surface area contributed by atoms with Crippen molar-refractivity contribution in [1.82, 2.24) is 14.5 Å². The van der Waals surface area contributed by atoms with E-state index < -0.39 is 5.82 Å². The summed E-state index contributed by atoms with van der Waals surface area (Å²) in [5.74, 6) is -0.473. The molecule has 0 fully saturated rings. The van der Waals surface area contributed by atoms with E-state index in [1.807, 2.05) is 0 Å². The molecule has 84 valence electrons. The molecule has 3 aromatic rings. The molecule has 0 aromatic carbocycles. The fourth-order valence-corrected chi connectivity index (χ4v) is 2.30. The summed E-state index contributed by atoms with van der Waals surface area (Å²) in [5, 5.41) is 0. The van der Waals surface area contributed by atoms with Crippen LogP contribution in [0.25, 0.3) is 15.9 Å². The number of halogens is 1. The topological polar surface area (TPSA) is 47.8 Å². The number of aromatic nitrogens is 3. The largest absolute Gasteiger partial charge is 0.281 e. The number of hydrogen-bond donors (Lipinski definition) is 0. The summed E-state index contributed by atoms with van der Waals surface area (Å²) in [4.78, 5) is 19.9. The predicted molar refractivity (Wildman–Crippen MR) is 63.0 cm³/mol. The zero-order valence-electron chi connectivity index (χ0n) is 8.50. The van der Waals surface area contributed by atoms with E-state index in [0.29, 0.717) is 15.9 Å². The summed E-state index contributed by atoms with van der Waals surface area (Å²) < 4.78 is 15.0. The SMILES string of the molecule is O=c1c2scnc2ccn1-c1cncc(F)c1. The van der Waals surface area contributed by atoms with Crippen molar-refractivity contribution in [2.24, 2.45) is 0 Å². The van der Waals surface area contributed by atoms with Gasteiger partial charge in [-0.3, -0.25) is 14.3 Å². The lowest BCUT2D eigenvalue weighted by molar-refractivity contribution is 0.619. The highest BCUT2D eigenvalue weighted by molar-refractivity contribution is 7.16. The maximum Gasteiger partial charge on any atom is 0.274 e. The predicted octanol–water partition coefficient (Wildman–Crippen LogP) is 1.98. The van der Waals surface area contributed by atoms with E-state index in [1.165, 1.54) is 28.2 Å². The Morgan fingerprint density at radius 2 is 2.24 bits per heavy atom. The van der Waals surface area contributed by atoms with Crippen molar-refractivity contribution in [3.05, 3.63) is 52.4 Å². The monoisotopic (exact) mass is 247 g/mol. The van der Waals surface area contributed by atoms with Gasteiger partial charge in [-0.05, 0) is 6.07 Å². The Labute approximate surface area is 99.0 Å². The zero-order valence-corrected chi connectivity index (χ0v) is 9.32. The number of pyridine rings is 2. The summed E-state index contributed by atoms with van der Waals surface area (Å²) in [6, 6.07) is 2.99. The number of nitrogens with zero attached hydrogens (tertiary/aromatic N) is 3. The molecule has 0 bridgehead atoms. The third-order valence-corrected chi connectivity index (χ3v) is 3.19. The minimum Gasteiger partial charge on any atom is -0.281 e. The van der Waals surface area contributed by atoms with Crippen LogP contribution in [0.3, 0.4) is 0 Å². The minimum atomic E-state index is -0.473. The van der Waals surface area contributed by atoms with Gasteiger partial charge in [-0.15, -0.1) is 11.3 Å². The van der Waals surface area contributed by atoms with Crippen LogP contribution in [0.5, 0.6) is 0 Å². The van der Waals surface area contributed by atoms with Crippen LogP contribution in [0, 0.1) is 5.82 Å². The van der Waals surface area contributed by atoms with E-state index in [2.05, 4.69) is 9.97 Å². The first-order valence-electron chi connectivity index (χ1n) is 4.81. The van der Waals surface area contributed by atoms with Gasteiger partial charge in [0.2, 0.25) is 0 Å². The first kappa shape index (κ1) is 10.1. The fraction of sp³-hybridized carbons (Fsp3) is 0. The molecule has 0 radical (unpaired) electrons. The smallest absolute Gasteiger partial charge is 0.274 e. The molecule has 0 saturated carbocycles. The second-order valence-electron chi connectivity index (χ2n) is 3.42. The number of rotatable bonds is 1. The lowest BCUT2D eigenvalue weighted by Gasteiger charge is -2.04. The summed E-state index contributed by atoms with van der Waals surface area (Å²) >= 11 is 1.27. The van der Waals surface area contributed by atoms with Gasteiger partial charge in [0.05, 0.1) is 29.1 Å². The average molecular weight is 247 g/mol. The van der Waals surface area contributed by atoms with Crippen molar-refractivity contribution in [2.75, 3.05) is 0 Å². The fourth-order valence-electron chi connectivity index (χ4n) is 1.59. The lowest BCUT2D eigenvalue weighted by atomic mass is 10.3. The second-order valence-corrected chi connectivity index (χ2v) is 4.27. The number of hydrogen-bond acceptors (Lipinski definition) is 4. The molecule has 0 aliphatic carbocycles. The Kier molecular flexibility index (Phi) is 2.22. The van der Waals surface area contributed by atoms with Crippen LogP contribution in [0.1, 0.15) is 0 Å². The molecule has 3 heterocycles. The molecule has 0 saturated heterocycles.